The summed E-state index contributed by atoms with van der Waals surface area (Å²) in [5.74, 6) is 2.33. The van der Waals surface area contributed by atoms with Gasteiger partial charge in [-0.3, -0.25) is 5.43 Å². The summed E-state index contributed by atoms with van der Waals surface area (Å²) < 4.78 is 10.4. The molecular weight excluding hydrogens is 394 g/mol. The van der Waals surface area contributed by atoms with Gasteiger partial charge in [0.25, 0.3) is 5.95 Å². The second kappa shape index (κ2) is 10.1. The fraction of sp³-hybridized carbons (Fsp3) is 0.227. The summed E-state index contributed by atoms with van der Waals surface area (Å²) in [6, 6.07) is 15.3. The SMILES string of the molecule is COc1ccc(C(C)=NNc2nnc(C)c(NN=C(C)c3ccc(OC)cc3)n2)cc1. The third-order valence-corrected chi connectivity index (χ3v) is 4.52. The number of benzene rings is 2. The molecule has 0 aliphatic carbocycles. The van der Waals surface area contributed by atoms with Gasteiger partial charge in [-0.25, -0.2) is 5.43 Å². The predicted octanol–water partition coefficient (Wildman–Crippen LogP) is 3.87. The van der Waals surface area contributed by atoms with Gasteiger partial charge >= 0.3 is 0 Å². The van der Waals surface area contributed by atoms with E-state index < -0.39 is 0 Å². The van der Waals surface area contributed by atoms with E-state index in [9.17, 15) is 0 Å². The summed E-state index contributed by atoms with van der Waals surface area (Å²) in [7, 11) is 3.27. The first kappa shape index (κ1) is 21.7. The molecule has 0 spiro atoms. The van der Waals surface area contributed by atoms with Gasteiger partial charge in [-0.15, -0.1) is 10.2 Å². The average molecular weight is 419 g/mol. The molecule has 9 heteroatoms. The van der Waals surface area contributed by atoms with Crippen molar-refractivity contribution in [3.8, 4) is 11.5 Å². The minimum Gasteiger partial charge on any atom is -0.497 e. The first-order chi connectivity index (χ1) is 15.0. The van der Waals surface area contributed by atoms with Crippen LogP contribution in [-0.4, -0.2) is 40.8 Å². The lowest BCUT2D eigenvalue weighted by molar-refractivity contribution is 0.414. The number of rotatable bonds is 8. The van der Waals surface area contributed by atoms with Crippen molar-refractivity contribution >= 4 is 23.2 Å². The molecular formula is C22H25N7O2. The van der Waals surface area contributed by atoms with E-state index in [0.717, 1.165) is 34.0 Å². The van der Waals surface area contributed by atoms with Crippen LogP contribution in [0.5, 0.6) is 11.5 Å². The zero-order valence-electron chi connectivity index (χ0n) is 18.2. The van der Waals surface area contributed by atoms with Crippen LogP contribution in [0.2, 0.25) is 0 Å². The van der Waals surface area contributed by atoms with E-state index in [-0.39, 0.29) is 5.95 Å². The average Bonchev–Trinajstić information content (AvgIpc) is 2.82. The van der Waals surface area contributed by atoms with Crippen LogP contribution in [0.1, 0.15) is 30.7 Å². The molecule has 0 amide bonds. The van der Waals surface area contributed by atoms with E-state index in [4.69, 9.17) is 9.47 Å². The van der Waals surface area contributed by atoms with E-state index >= 15 is 0 Å². The van der Waals surface area contributed by atoms with Crippen molar-refractivity contribution < 1.29 is 9.47 Å². The Labute approximate surface area is 181 Å². The summed E-state index contributed by atoms with van der Waals surface area (Å²) in [4.78, 5) is 4.41. The Balaban J connectivity index is 1.70. The highest BCUT2D eigenvalue weighted by molar-refractivity contribution is 5.99. The lowest BCUT2D eigenvalue weighted by Crippen LogP contribution is -2.08. The number of nitrogens with one attached hydrogen (secondary N) is 2. The van der Waals surface area contributed by atoms with Gasteiger partial charge in [0.1, 0.15) is 17.2 Å². The molecule has 9 nitrogen and oxygen atoms in total. The predicted molar refractivity (Wildman–Crippen MR) is 122 cm³/mol. The molecule has 2 N–H and O–H groups in total. The number of hydrogen-bond donors (Lipinski definition) is 2. The smallest absolute Gasteiger partial charge is 0.265 e. The van der Waals surface area contributed by atoms with Gasteiger partial charge in [-0.2, -0.15) is 15.2 Å². The number of ether oxygens (including phenoxy) is 2. The largest absolute Gasteiger partial charge is 0.497 e. The number of aryl methyl sites for hydroxylation is 1. The van der Waals surface area contributed by atoms with Crippen molar-refractivity contribution in [3.63, 3.8) is 0 Å². The van der Waals surface area contributed by atoms with Gasteiger partial charge in [-0.1, -0.05) is 0 Å². The first-order valence-electron chi connectivity index (χ1n) is 9.61. The quantitative estimate of drug-likeness (QED) is 0.422. The van der Waals surface area contributed by atoms with E-state index in [1.807, 2.05) is 62.4 Å². The van der Waals surface area contributed by atoms with E-state index in [2.05, 4.69) is 36.2 Å². The van der Waals surface area contributed by atoms with Crippen molar-refractivity contribution in [2.45, 2.75) is 20.8 Å². The highest BCUT2D eigenvalue weighted by Gasteiger charge is 2.06. The molecule has 0 atom stereocenters. The van der Waals surface area contributed by atoms with E-state index in [1.54, 1.807) is 21.1 Å². The van der Waals surface area contributed by atoms with Gasteiger partial charge in [0.15, 0.2) is 5.82 Å². The molecule has 31 heavy (non-hydrogen) atoms. The van der Waals surface area contributed by atoms with Crippen LogP contribution in [0.4, 0.5) is 11.8 Å². The van der Waals surface area contributed by atoms with E-state index in [0.29, 0.717) is 11.5 Å². The maximum atomic E-state index is 5.18. The molecule has 3 aromatic rings. The minimum absolute atomic E-state index is 0.262. The van der Waals surface area contributed by atoms with Crippen LogP contribution < -0.4 is 20.3 Å². The zero-order valence-corrected chi connectivity index (χ0v) is 18.2. The highest BCUT2D eigenvalue weighted by Crippen LogP contribution is 2.15. The Morgan fingerprint density at radius 2 is 1.23 bits per heavy atom. The summed E-state index contributed by atoms with van der Waals surface area (Å²) in [6.45, 7) is 5.59. The lowest BCUT2D eigenvalue weighted by Gasteiger charge is -2.07. The Morgan fingerprint density at radius 1 is 0.742 bits per heavy atom. The standard InChI is InChI=1S/C22H25N7O2/c1-14(17-6-10-19(30-4)11-7-17)24-27-21-16(3)26-29-22(23-21)28-25-15(2)18-8-12-20(31-5)13-9-18/h6-13H,1-5H3,(H2,23,27,28,29). The molecule has 3 rings (SSSR count). The molecule has 160 valence electrons. The van der Waals surface area contributed by atoms with Crippen LogP contribution in [0.3, 0.4) is 0 Å². The maximum absolute atomic E-state index is 5.18. The van der Waals surface area contributed by atoms with Gasteiger partial charge < -0.3 is 9.47 Å². The molecule has 0 fully saturated rings. The van der Waals surface area contributed by atoms with Crippen LogP contribution in [0.25, 0.3) is 0 Å². The van der Waals surface area contributed by atoms with Gasteiger partial charge in [-0.05, 0) is 80.4 Å². The number of methoxy groups -OCH3 is 2. The molecule has 0 radical (unpaired) electrons. The van der Waals surface area contributed by atoms with E-state index in [1.165, 1.54) is 0 Å². The summed E-state index contributed by atoms with van der Waals surface area (Å²) in [6.07, 6.45) is 0. The fourth-order valence-electron chi connectivity index (χ4n) is 2.60. The molecule has 0 bridgehead atoms. The molecule has 1 aromatic heterocycles. The fourth-order valence-corrected chi connectivity index (χ4v) is 2.60. The summed E-state index contributed by atoms with van der Waals surface area (Å²) in [5.41, 5.74) is 9.89. The normalized spacial score (nSPS) is 11.8. The number of nitrogens with zero attached hydrogens (tertiary/aromatic N) is 5. The Kier molecular flexibility index (Phi) is 7.10. The molecule has 0 aliphatic heterocycles. The van der Waals surface area contributed by atoms with Crippen molar-refractivity contribution in [3.05, 3.63) is 65.4 Å². The second-order valence-corrected chi connectivity index (χ2v) is 6.64. The topological polar surface area (TPSA) is 106 Å². The van der Waals surface area contributed by atoms with Crippen LogP contribution in [0, 0.1) is 6.92 Å². The Hall–Kier alpha value is -4.01. The van der Waals surface area contributed by atoms with Crippen LogP contribution >= 0.6 is 0 Å². The highest BCUT2D eigenvalue weighted by atomic mass is 16.5. The van der Waals surface area contributed by atoms with Gasteiger partial charge in [0, 0.05) is 0 Å². The molecule has 1 heterocycles. The van der Waals surface area contributed by atoms with Crippen LogP contribution in [-0.2, 0) is 0 Å². The van der Waals surface area contributed by atoms with Gasteiger partial charge in [0.05, 0.1) is 25.6 Å². The third-order valence-electron chi connectivity index (χ3n) is 4.52. The van der Waals surface area contributed by atoms with Crippen molar-refractivity contribution in [2.75, 3.05) is 25.1 Å². The number of anilines is 2. The number of hydrogen-bond acceptors (Lipinski definition) is 9. The molecule has 0 saturated heterocycles. The molecule has 0 saturated carbocycles. The molecule has 2 aromatic carbocycles. The van der Waals surface area contributed by atoms with Crippen LogP contribution in [0.15, 0.2) is 58.7 Å². The molecule has 0 unspecified atom stereocenters. The number of hydrazone groups is 2. The van der Waals surface area contributed by atoms with Crippen molar-refractivity contribution in [1.82, 2.24) is 15.2 Å². The van der Waals surface area contributed by atoms with Gasteiger partial charge in [0.2, 0.25) is 0 Å². The first-order valence-corrected chi connectivity index (χ1v) is 9.61. The summed E-state index contributed by atoms with van der Waals surface area (Å²) in [5, 5.41) is 16.9. The second-order valence-electron chi connectivity index (χ2n) is 6.64. The monoisotopic (exact) mass is 419 g/mol. The lowest BCUT2D eigenvalue weighted by atomic mass is 10.1. The van der Waals surface area contributed by atoms with Crippen molar-refractivity contribution in [1.29, 1.82) is 0 Å². The maximum Gasteiger partial charge on any atom is 0.265 e. The Bertz CT molecular complexity index is 1080. The zero-order chi connectivity index (χ0) is 22.2. The van der Waals surface area contributed by atoms with Crippen molar-refractivity contribution in [2.24, 2.45) is 10.2 Å². The Morgan fingerprint density at radius 3 is 1.71 bits per heavy atom. The minimum atomic E-state index is 0.262. The third kappa shape index (κ3) is 5.75. The summed E-state index contributed by atoms with van der Waals surface area (Å²) >= 11 is 0. The number of aromatic nitrogens is 3. The molecule has 0 aliphatic rings.